The van der Waals surface area contributed by atoms with Gasteiger partial charge in [0, 0.05) is 12.3 Å². The Labute approximate surface area is 107 Å². The Kier molecular flexibility index (Phi) is 2.52. The third-order valence-electron chi connectivity index (χ3n) is 2.86. The summed E-state index contributed by atoms with van der Waals surface area (Å²) >= 11 is 0. The molecule has 19 heavy (non-hydrogen) atoms. The number of fused-ring (bicyclic) bond motifs is 1. The second-order valence-corrected chi connectivity index (χ2v) is 4.15. The predicted octanol–water partition coefficient (Wildman–Crippen LogP) is 2.29. The van der Waals surface area contributed by atoms with Crippen LogP contribution >= 0.6 is 0 Å². The highest BCUT2D eigenvalue weighted by molar-refractivity contribution is 5.89. The second kappa shape index (κ2) is 4.20. The van der Waals surface area contributed by atoms with Gasteiger partial charge in [-0.05, 0) is 19.1 Å². The number of rotatable bonds is 3. The fraction of sp³-hybridized carbons (Fsp3) is 0.167. The first kappa shape index (κ1) is 11.4. The van der Waals surface area contributed by atoms with Crippen molar-refractivity contribution in [2.75, 3.05) is 0 Å². The van der Waals surface area contributed by atoms with E-state index in [0.717, 1.165) is 5.52 Å². The third-order valence-corrected chi connectivity index (χ3v) is 2.86. The molecule has 7 nitrogen and oxygen atoms in total. The van der Waals surface area contributed by atoms with Crippen LogP contribution in [0.4, 0.5) is 5.69 Å². The first-order valence-corrected chi connectivity index (χ1v) is 5.66. The summed E-state index contributed by atoms with van der Waals surface area (Å²) < 4.78 is 6.89. The molecule has 3 rings (SSSR count). The molecule has 0 fully saturated rings. The van der Waals surface area contributed by atoms with Crippen LogP contribution in [-0.4, -0.2) is 19.6 Å². The summed E-state index contributed by atoms with van der Waals surface area (Å²) in [5.74, 6) is 1.04. The highest BCUT2D eigenvalue weighted by atomic mass is 16.6. The fourth-order valence-corrected chi connectivity index (χ4v) is 2.05. The number of hydrogen-bond donors (Lipinski definition) is 0. The molecule has 3 aromatic rings. The molecular weight excluding hydrogens is 248 g/mol. The Balaban J connectivity index is 2.06. The lowest BCUT2D eigenvalue weighted by Gasteiger charge is -2.01. The zero-order chi connectivity index (χ0) is 13.4. The smallest absolute Gasteiger partial charge is 0.278 e. The quantitative estimate of drug-likeness (QED) is 0.531. The number of aryl methyl sites for hydroxylation is 1. The zero-order valence-electron chi connectivity index (χ0n) is 10.1. The van der Waals surface area contributed by atoms with E-state index < -0.39 is 0 Å². The molecule has 96 valence electrons. The maximum absolute atomic E-state index is 10.9. The number of aromatic nitrogens is 3. The van der Waals surface area contributed by atoms with Crippen LogP contribution in [0.2, 0.25) is 0 Å². The SMILES string of the molecule is Cc1noc(Cn2ccc3c([N+](=O)[O-])cccc32)n1. The molecule has 0 atom stereocenters. The van der Waals surface area contributed by atoms with Gasteiger partial charge in [0.25, 0.3) is 5.69 Å². The van der Waals surface area contributed by atoms with Crippen molar-refractivity contribution in [2.45, 2.75) is 13.5 Å². The molecule has 2 heterocycles. The predicted molar refractivity (Wildman–Crippen MR) is 66.7 cm³/mol. The Bertz CT molecular complexity index is 759. The minimum absolute atomic E-state index is 0.0953. The van der Waals surface area contributed by atoms with E-state index in [1.165, 1.54) is 6.07 Å². The van der Waals surface area contributed by atoms with Crippen molar-refractivity contribution < 1.29 is 9.45 Å². The maximum atomic E-state index is 10.9. The number of nitro benzene ring substituents is 1. The molecule has 0 aliphatic heterocycles. The Hall–Kier alpha value is -2.70. The molecule has 7 heteroatoms. The zero-order valence-corrected chi connectivity index (χ0v) is 10.1. The molecule has 0 N–H and O–H groups in total. The van der Waals surface area contributed by atoms with Gasteiger partial charge in [-0.1, -0.05) is 11.2 Å². The normalized spacial score (nSPS) is 11.0. The average Bonchev–Trinajstić information content (AvgIpc) is 2.97. The summed E-state index contributed by atoms with van der Waals surface area (Å²) in [4.78, 5) is 14.7. The van der Waals surface area contributed by atoms with Crippen molar-refractivity contribution in [3.05, 3.63) is 52.3 Å². The summed E-state index contributed by atoms with van der Waals surface area (Å²) in [5, 5.41) is 15.3. The van der Waals surface area contributed by atoms with Crippen molar-refractivity contribution in [3.63, 3.8) is 0 Å². The molecule has 0 aliphatic carbocycles. The molecule has 1 aromatic carbocycles. The lowest BCUT2D eigenvalue weighted by Crippen LogP contribution is -1.98. The van der Waals surface area contributed by atoms with Crippen LogP contribution in [0.25, 0.3) is 10.9 Å². The van der Waals surface area contributed by atoms with Gasteiger partial charge >= 0.3 is 0 Å². The summed E-state index contributed by atoms with van der Waals surface area (Å²) in [6.45, 7) is 2.14. The molecule has 0 saturated carbocycles. The number of benzene rings is 1. The van der Waals surface area contributed by atoms with E-state index in [2.05, 4.69) is 10.1 Å². The van der Waals surface area contributed by atoms with E-state index in [1.807, 2.05) is 10.6 Å². The van der Waals surface area contributed by atoms with Crippen LogP contribution in [0.5, 0.6) is 0 Å². The lowest BCUT2D eigenvalue weighted by molar-refractivity contribution is -0.383. The topological polar surface area (TPSA) is 87.0 Å². The van der Waals surface area contributed by atoms with Crippen LogP contribution in [0.1, 0.15) is 11.7 Å². The molecule has 2 aromatic heterocycles. The molecule has 0 saturated heterocycles. The van der Waals surface area contributed by atoms with Crippen molar-refractivity contribution in [1.29, 1.82) is 0 Å². The van der Waals surface area contributed by atoms with Crippen LogP contribution in [0, 0.1) is 17.0 Å². The minimum Gasteiger partial charge on any atom is -0.338 e. The third kappa shape index (κ3) is 1.95. The van der Waals surface area contributed by atoms with Crippen molar-refractivity contribution >= 4 is 16.6 Å². The maximum Gasteiger partial charge on any atom is 0.278 e. The van der Waals surface area contributed by atoms with Crippen LogP contribution in [0.15, 0.2) is 35.0 Å². The monoisotopic (exact) mass is 258 g/mol. The van der Waals surface area contributed by atoms with Gasteiger partial charge in [0.2, 0.25) is 5.89 Å². The molecule has 0 aliphatic rings. The van der Waals surface area contributed by atoms with Gasteiger partial charge in [-0.2, -0.15) is 4.98 Å². The van der Waals surface area contributed by atoms with Gasteiger partial charge in [-0.15, -0.1) is 0 Å². The Morgan fingerprint density at radius 1 is 1.42 bits per heavy atom. The van der Waals surface area contributed by atoms with E-state index in [0.29, 0.717) is 23.6 Å². The first-order chi connectivity index (χ1) is 9.15. The highest BCUT2D eigenvalue weighted by Gasteiger charge is 2.14. The van der Waals surface area contributed by atoms with E-state index in [-0.39, 0.29) is 10.6 Å². The van der Waals surface area contributed by atoms with Gasteiger partial charge in [0.05, 0.1) is 15.8 Å². The lowest BCUT2D eigenvalue weighted by atomic mass is 10.2. The fourth-order valence-electron chi connectivity index (χ4n) is 2.05. The largest absolute Gasteiger partial charge is 0.338 e. The molecule has 0 radical (unpaired) electrons. The molecule has 0 spiro atoms. The van der Waals surface area contributed by atoms with Crippen molar-refractivity contribution in [2.24, 2.45) is 0 Å². The number of nitrogens with zero attached hydrogens (tertiary/aromatic N) is 4. The molecule has 0 bridgehead atoms. The van der Waals surface area contributed by atoms with Crippen LogP contribution in [0.3, 0.4) is 0 Å². The molecular formula is C12H10N4O3. The Morgan fingerprint density at radius 3 is 2.95 bits per heavy atom. The second-order valence-electron chi connectivity index (χ2n) is 4.15. The molecule has 0 amide bonds. The van der Waals surface area contributed by atoms with Gasteiger partial charge in [-0.3, -0.25) is 10.1 Å². The molecule has 0 unspecified atom stereocenters. The first-order valence-electron chi connectivity index (χ1n) is 5.66. The van der Waals surface area contributed by atoms with Crippen LogP contribution in [-0.2, 0) is 6.54 Å². The number of nitro groups is 1. The summed E-state index contributed by atoms with van der Waals surface area (Å²) in [6.07, 6.45) is 1.78. The minimum atomic E-state index is -0.385. The highest BCUT2D eigenvalue weighted by Crippen LogP contribution is 2.26. The summed E-state index contributed by atoms with van der Waals surface area (Å²) in [5.41, 5.74) is 0.864. The number of hydrogen-bond acceptors (Lipinski definition) is 5. The van der Waals surface area contributed by atoms with E-state index in [4.69, 9.17) is 4.52 Å². The van der Waals surface area contributed by atoms with Gasteiger partial charge in [0.15, 0.2) is 5.82 Å². The summed E-state index contributed by atoms with van der Waals surface area (Å²) in [6, 6.07) is 6.70. The van der Waals surface area contributed by atoms with Gasteiger partial charge < -0.3 is 9.09 Å². The standard InChI is InChI=1S/C12H10N4O3/c1-8-13-12(19-14-8)7-15-6-5-9-10(15)3-2-4-11(9)16(17)18/h2-6H,7H2,1H3. The van der Waals surface area contributed by atoms with Gasteiger partial charge in [-0.25, -0.2) is 0 Å². The van der Waals surface area contributed by atoms with E-state index in [1.54, 1.807) is 25.3 Å². The van der Waals surface area contributed by atoms with Crippen LogP contribution < -0.4 is 0 Å². The van der Waals surface area contributed by atoms with Crippen molar-refractivity contribution in [3.8, 4) is 0 Å². The number of non-ortho nitro benzene ring substituents is 1. The average molecular weight is 258 g/mol. The van der Waals surface area contributed by atoms with E-state index >= 15 is 0 Å². The Morgan fingerprint density at radius 2 is 2.26 bits per heavy atom. The summed E-state index contributed by atoms with van der Waals surface area (Å²) in [7, 11) is 0. The van der Waals surface area contributed by atoms with Gasteiger partial charge in [0.1, 0.15) is 6.54 Å². The van der Waals surface area contributed by atoms with Crippen molar-refractivity contribution in [1.82, 2.24) is 14.7 Å². The van der Waals surface area contributed by atoms with E-state index in [9.17, 15) is 10.1 Å².